The maximum atomic E-state index is 13.2. The van der Waals surface area contributed by atoms with Crippen LogP contribution in [0.1, 0.15) is 35.0 Å². The van der Waals surface area contributed by atoms with Crippen molar-refractivity contribution in [3.63, 3.8) is 0 Å². The number of benzene rings is 1. The van der Waals surface area contributed by atoms with Crippen LogP contribution in [0, 0.1) is 6.92 Å². The lowest BCUT2D eigenvalue weighted by molar-refractivity contribution is -0.124. The van der Waals surface area contributed by atoms with E-state index in [2.05, 4.69) is 20.6 Å². The van der Waals surface area contributed by atoms with Crippen LogP contribution in [0.4, 0.5) is 11.6 Å². The van der Waals surface area contributed by atoms with Gasteiger partial charge in [0.25, 0.3) is 5.56 Å². The molecular formula is C25H30N6O4. The van der Waals surface area contributed by atoms with Gasteiger partial charge in [-0.15, -0.1) is 0 Å². The number of ether oxygens (including phenoxy) is 2. The Morgan fingerprint density at radius 1 is 1.20 bits per heavy atom. The molecule has 35 heavy (non-hydrogen) atoms. The number of aromatic nitrogens is 3. The number of rotatable bonds is 9. The summed E-state index contributed by atoms with van der Waals surface area (Å²) in [6.07, 6.45) is 3.50. The number of carbonyl (C=O) groups is 1. The first-order valence-corrected chi connectivity index (χ1v) is 11.5. The Morgan fingerprint density at radius 2 is 2.00 bits per heavy atom. The molecule has 0 spiro atoms. The molecule has 0 saturated carbocycles. The van der Waals surface area contributed by atoms with Gasteiger partial charge in [0, 0.05) is 30.7 Å². The van der Waals surface area contributed by atoms with Crippen molar-refractivity contribution in [3.05, 3.63) is 69.4 Å². The van der Waals surface area contributed by atoms with Crippen molar-refractivity contribution in [1.29, 1.82) is 0 Å². The predicted molar refractivity (Wildman–Crippen MR) is 133 cm³/mol. The molecule has 0 aliphatic carbocycles. The molecule has 4 N–H and O–H groups in total. The number of carbonyl (C=O) groups excluding carboxylic acids is 1. The highest BCUT2D eigenvalue weighted by atomic mass is 16.5. The lowest BCUT2D eigenvalue weighted by Gasteiger charge is -2.16. The van der Waals surface area contributed by atoms with Crippen molar-refractivity contribution in [3.8, 4) is 11.5 Å². The average Bonchev–Trinajstić information content (AvgIpc) is 3.29. The van der Waals surface area contributed by atoms with Gasteiger partial charge in [0.2, 0.25) is 5.91 Å². The third-order valence-electron chi connectivity index (χ3n) is 6.19. The minimum Gasteiger partial charge on any atom is -0.493 e. The number of pyridine rings is 1. The van der Waals surface area contributed by atoms with Crippen LogP contribution >= 0.6 is 0 Å². The van der Waals surface area contributed by atoms with Crippen molar-refractivity contribution in [2.75, 3.05) is 31.8 Å². The number of fused-ring (bicyclic) bond motifs is 1. The van der Waals surface area contributed by atoms with E-state index in [4.69, 9.17) is 15.2 Å². The molecule has 184 valence electrons. The Balaban J connectivity index is 1.42. The van der Waals surface area contributed by atoms with E-state index in [1.807, 2.05) is 31.2 Å². The standard InChI is InChI=1S/C25H30N6O4/c1-15-17(5-9-22(26)30-15)13-29-24(32)19-7-6-18-14-28-23(25(33)31(18)19)27-11-10-16-4-8-20(34-2)21(12-16)35-3/h4-5,8-9,12,14,19H,6-7,10-11,13H2,1-3H3,(H2,26,30)(H,27,28)(H,29,32). The monoisotopic (exact) mass is 478 g/mol. The maximum absolute atomic E-state index is 13.2. The molecule has 10 heteroatoms. The molecule has 0 saturated heterocycles. The number of amides is 1. The highest BCUT2D eigenvalue weighted by Gasteiger charge is 2.30. The van der Waals surface area contributed by atoms with E-state index in [1.54, 1.807) is 31.0 Å². The third kappa shape index (κ3) is 5.21. The van der Waals surface area contributed by atoms with E-state index in [-0.39, 0.29) is 17.3 Å². The summed E-state index contributed by atoms with van der Waals surface area (Å²) in [4.78, 5) is 34.7. The fraction of sp³-hybridized carbons (Fsp3) is 0.360. The summed E-state index contributed by atoms with van der Waals surface area (Å²) in [5.74, 6) is 1.78. The summed E-state index contributed by atoms with van der Waals surface area (Å²) in [5.41, 5.74) is 8.83. The topological polar surface area (TPSA) is 133 Å². The average molecular weight is 479 g/mol. The Labute approximate surface area is 203 Å². The third-order valence-corrected chi connectivity index (χ3v) is 6.19. The zero-order valence-electron chi connectivity index (χ0n) is 20.1. The fourth-order valence-corrected chi connectivity index (χ4v) is 4.27. The van der Waals surface area contributed by atoms with Gasteiger partial charge in [-0.25, -0.2) is 9.97 Å². The van der Waals surface area contributed by atoms with Crippen LogP contribution in [-0.2, 0) is 24.2 Å². The molecule has 0 fully saturated rings. The Kier molecular flexibility index (Phi) is 7.19. The Bertz CT molecular complexity index is 1290. The number of nitrogens with zero attached hydrogens (tertiary/aromatic N) is 3. The highest BCUT2D eigenvalue weighted by molar-refractivity contribution is 5.81. The van der Waals surface area contributed by atoms with Crippen molar-refractivity contribution in [2.24, 2.45) is 0 Å². The molecule has 10 nitrogen and oxygen atoms in total. The zero-order chi connectivity index (χ0) is 24.9. The number of hydrogen-bond acceptors (Lipinski definition) is 8. The van der Waals surface area contributed by atoms with Crippen molar-refractivity contribution in [1.82, 2.24) is 19.9 Å². The van der Waals surface area contributed by atoms with Gasteiger partial charge in [-0.3, -0.25) is 14.2 Å². The first-order chi connectivity index (χ1) is 16.9. The first-order valence-electron chi connectivity index (χ1n) is 11.5. The summed E-state index contributed by atoms with van der Waals surface area (Å²) in [6.45, 7) is 2.66. The molecule has 0 bridgehead atoms. The van der Waals surface area contributed by atoms with Gasteiger partial charge >= 0.3 is 0 Å². The lowest BCUT2D eigenvalue weighted by atomic mass is 10.1. The Hall–Kier alpha value is -4.08. The maximum Gasteiger partial charge on any atom is 0.294 e. The summed E-state index contributed by atoms with van der Waals surface area (Å²) in [7, 11) is 3.19. The van der Waals surface area contributed by atoms with Gasteiger partial charge in [-0.05, 0) is 55.5 Å². The highest BCUT2D eigenvalue weighted by Crippen LogP contribution is 2.28. The molecule has 1 amide bonds. The molecule has 1 atom stereocenters. The SMILES string of the molecule is COc1ccc(CCNc2ncc3n(c2=O)C(C(=O)NCc2ccc(N)nc2C)CC3)cc1OC. The molecule has 4 rings (SSSR count). The number of nitrogens with two attached hydrogens (primary N) is 1. The van der Waals surface area contributed by atoms with Crippen molar-refractivity contribution < 1.29 is 14.3 Å². The van der Waals surface area contributed by atoms with Crippen LogP contribution in [0.25, 0.3) is 0 Å². The quantitative estimate of drug-likeness (QED) is 0.425. The van der Waals surface area contributed by atoms with E-state index in [0.717, 1.165) is 22.5 Å². The van der Waals surface area contributed by atoms with Crippen LogP contribution in [0.5, 0.6) is 11.5 Å². The molecule has 3 aromatic rings. The zero-order valence-corrected chi connectivity index (χ0v) is 20.1. The summed E-state index contributed by atoms with van der Waals surface area (Å²) in [5, 5.41) is 6.05. The molecule has 1 aliphatic heterocycles. The van der Waals surface area contributed by atoms with E-state index >= 15 is 0 Å². The first kappa shape index (κ1) is 24.1. The van der Waals surface area contributed by atoms with Crippen molar-refractivity contribution in [2.45, 2.75) is 38.8 Å². The van der Waals surface area contributed by atoms with Gasteiger partial charge < -0.3 is 25.8 Å². The molecule has 3 heterocycles. The van der Waals surface area contributed by atoms with Crippen LogP contribution in [0.3, 0.4) is 0 Å². The number of hydrogen-bond donors (Lipinski definition) is 3. The van der Waals surface area contributed by atoms with Crippen LogP contribution in [0.15, 0.2) is 41.3 Å². The van der Waals surface area contributed by atoms with E-state index < -0.39 is 6.04 Å². The van der Waals surface area contributed by atoms with Gasteiger partial charge in [-0.2, -0.15) is 0 Å². The normalized spacial score (nSPS) is 14.3. The minimum absolute atomic E-state index is 0.204. The summed E-state index contributed by atoms with van der Waals surface area (Å²) >= 11 is 0. The molecular weight excluding hydrogens is 448 g/mol. The number of nitrogen functional groups attached to an aromatic ring is 1. The fourth-order valence-electron chi connectivity index (χ4n) is 4.27. The van der Waals surface area contributed by atoms with E-state index in [1.165, 1.54) is 0 Å². The Morgan fingerprint density at radius 3 is 2.74 bits per heavy atom. The number of nitrogens with one attached hydrogen (secondary N) is 2. The van der Waals surface area contributed by atoms with Gasteiger partial charge in [0.1, 0.15) is 11.9 Å². The van der Waals surface area contributed by atoms with E-state index in [9.17, 15) is 9.59 Å². The molecule has 0 radical (unpaired) electrons. The molecule has 2 aromatic heterocycles. The van der Waals surface area contributed by atoms with E-state index in [0.29, 0.717) is 49.7 Å². The van der Waals surface area contributed by atoms with Crippen molar-refractivity contribution >= 4 is 17.5 Å². The number of aryl methyl sites for hydroxylation is 2. The predicted octanol–water partition coefficient (Wildman–Crippen LogP) is 2.00. The van der Waals surface area contributed by atoms with Crippen LogP contribution < -0.4 is 31.4 Å². The lowest BCUT2D eigenvalue weighted by Crippen LogP contribution is -2.36. The minimum atomic E-state index is -0.575. The largest absolute Gasteiger partial charge is 0.493 e. The molecule has 1 aliphatic rings. The smallest absolute Gasteiger partial charge is 0.294 e. The number of anilines is 2. The summed E-state index contributed by atoms with van der Waals surface area (Å²) in [6, 6.07) is 8.68. The van der Waals surface area contributed by atoms with Crippen LogP contribution in [0.2, 0.25) is 0 Å². The van der Waals surface area contributed by atoms with Crippen LogP contribution in [-0.4, -0.2) is 41.2 Å². The second-order valence-electron chi connectivity index (χ2n) is 8.39. The summed E-state index contributed by atoms with van der Waals surface area (Å²) < 4.78 is 12.2. The second-order valence-corrected chi connectivity index (χ2v) is 8.39. The molecule has 1 unspecified atom stereocenters. The van der Waals surface area contributed by atoms with Gasteiger partial charge in [-0.1, -0.05) is 12.1 Å². The van der Waals surface area contributed by atoms with Gasteiger partial charge in [0.15, 0.2) is 17.3 Å². The molecule has 1 aromatic carbocycles. The second kappa shape index (κ2) is 10.5. The van der Waals surface area contributed by atoms with Gasteiger partial charge in [0.05, 0.1) is 14.2 Å². The number of methoxy groups -OCH3 is 2.